The fourth-order valence-electron chi connectivity index (χ4n) is 3.30. The maximum atomic E-state index is 13.1. The molecule has 2 heterocycles. The third-order valence-electron chi connectivity index (χ3n) is 4.70. The van der Waals surface area contributed by atoms with Gasteiger partial charge in [0.05, 0.1) is 6.04 Å². The Bertz CT molecular complexity index is 562. The summed E-state index contributed by atoms with van der Waals surface area (Å²) >= 11 is 6.09. The zero-order chi connectivity index (χ0) is 16.2. The zero-order valence-corrected chi connectivity index (χ0v) is 16.4. The highest BCUT2D eigenvalue weighted by Crippen LogP contribution is 2.20. The predicted octanol–water partition coefficient (Wildman–Crippen LogP) is 3.11. The van der Waals surface area contributed by atoms with Crippen molar-refractivity contribution < 1.29 is 9.18 Å². The Hall–Kier alpha value is -0.590. The first-order valence-corrected chi connectivity index (χ1v) is 8.70. The van der Waals surface area contributed by atoms with E-state index in [2.05, 4.69) is 10.2 Å². The molecule has 0 bridgehead atoms. The van der Waals surface area contributed by atoms with Crippen LogP contribution in [-0.2, 0) is 11.3 Å². The van der Waals surface area contributed by atoms with E-state index in [4.69, 9.17) is 11.6 Å². The molecule has 1 atom stereocenters. The number of hydrogen-bond acceptors (Lipinski definition) is 3. The predicted molar refractivity (Wildman–Crippen MR) is 103 cm³/mol. The van der Waals surface area contributed by atoms with E-state index in [1.165, 1.54) is 12.1 Å². The second-order valence-electron chi connectivity index (χ2n) is 6.34. The second-order valence-corrected chi connectivity index (χ2v) is 6.75. The minimum absolute atomic E-state index is 0. The molecule has 0 radical (unpaired) electrons. The Morgan fingerprint density at radius 1 is 1.20 bits per heavy atom. The minimum Gasteiger partial charge on any atom is -0.339 e. The molecular weight excluding hydrogens is 388 g/mol. The molecule has 3 rings (SSSR count). The number of halogens is 4. The van der Waals surface area contributed by atoms with Gasteiger partial charge in [-0.25, -0.2) is 4.39 Å². The first-order valence-electron chi connectivity index (χ1n) is 8.32. The van der Waals surface area contributed by atoms with Crippen molar-refractivity contribution in [3.05, 3.63) is 34.6 Å². The highest BCUT2D eigenvalue weighted by molar-refractivity contribution is 6.31. The molecule has 1 aromatic rings. The van der Waals surface area contributed by atoms with Crippen LogP contribution in [0.25, 0.3) is 0 Å². The molecule has 1 N–H and O–H groups in total. The number of amides is 1. The fourth-order valence-corrected chi connectivity index (χ4v) is 3.53. The molecule has 2 aliphatic heterocycles. The Morgan fingerprint density at radius 2 is 1.92 bits per heavy atom. The van der Waals surface area contributed by atoms with E-state index >= 15 is 0 Å². The molecule has 1 aromatic carbocycles. The van der Waals surface area contributed by atoms with Crippen molar-refractivity contribution in [3.63, 3.8) is 0 Å². The largest absolute Gasteiger partial charge is 0.339 e. The summed E-state index contributed by atoms with van der Waals surface area (Å²) in [7, 11) is 0. The summed E-state index contributed by atoms with van der Waals surface area (Å²) in [4.78, 5) is 16.7. The molecule has 8 heteroatoms. The van der Waals surface area contributed by atoms with Gasteiger partial charge in [-0.3, -0.25) is 9.69 Å². The quantitative estimate of drug-likeness (QED) is 0.828. The second kappa shape index (κ2) is 10.5. The van der Waals surface area contributed by atoms with Crippen molar-refractivity contribution in [2.75, 3.05) is 32.7 Å². The van der Waals surface area contributed by atoms with Gasteiger partial charge in [0.2, 0.25) is 5.91 Å². The molecule has 25 heavy (non-hydrogen) atoms. The molecule has 0 saturated carbocycles. The van der Waals surface area contributed by atoms with E-state index in [0.717, 1.165) is 57.5 Å². The molecule has 4 nitrogen and oxygen atoms in total. The number of nitrogens with zero attached hydrogens (tertiary/aromatic N) is 2. The Labute approximate surface area is 165 Å². The molecule has 1 amide bonds. The number of benzene rings is 1. The van der Waals surface area contributed by atoms with E-state index in [1.807, 2.05) is 4.90 Å². The average molecular weight is 413 g/mol. The number of hydrogen-bond donors (Lipinski definition) is 1. The Balaban J connectivity index is 0.00000156. The summed E-state index contributed by atoms with van der Waals surface area (Å²) in [6, 6.07) is 4.53. The van der Waals surface area contributed by atoms with Crippen LogP contribution >= 0.6 is 36.4 Å². The molecule has 142 valence electrons. The third-order valence-corrected chi connectivity index (χ3v) is 5.05. The van der Waals surface area contributed by atoms with E-state index in [9.17, 15) is 9.18 Å². The average Bonchev–Trinajstić information content (AvgIpc) is 2.58. The van der Waals surface area contributed by atoms with Crippen LogP contribution in [0.4, 0.5) is 4.39 Å². The molecular formula is C17H25Cl3FN3O. The number of piperidine rings is 1. The van der Waals surface area contributed by atoms with Crippen LogP contribution in [-0.4, -0.2) is 54.5 Å². The molecule has 0 aromatic heterocycles. The highest BCUT2D eigenvalue weighted by Gasteiger charge is 2.28. The number of carbonyl (C=O) groups is 1. The van der Waals surface area contributed by atoms with Crippen LogP contribution in [0.5, 0.6) is 0 Å². The van der Waals surface area contributed by atoms with Crippen LogP contribution in [0.15, 0.2) is 18.2 Å². The summed E-state index contributed by atoms with van der Waals surface area (Å²) in [6.07, 6.45) is 3.24. The molecule has 0 aliphatic carbocycles. The molecule has 1 unspecified atom stereocenters. The van der Waals surface area contributed by atoms with Crippen LogP contribution in [0, 0.1) is 5.82 Å². The number of carbonyl (C=O) groups excluding carboxylic acids is 1. The minimum atomic E-state index is -0.311. The van der Waals surface area contributed by atoms with Gasteiger partial charge < -0.3 is 10.2 Å². The maximum Gasteiger partial charge on any atom is 0.239 e. The Morgan fingerprint density at radius 3 is 2.52 bits per heavy atom. The summed E-state index contributed by atoms with van der Waals surface area (Å²) in [5.41, 5.74) is 0.932. The lowest BCUT2D eigenvalue weighted by Gasteiger charge is -2.37. The number of rotatable bonds is 3. The van der Waals surface area contributed by atoms with Crippen molar-refractivity contribution >= 4 is 42.3 Å². The number of nitrogens with one attached hydrogen (secondary N) is 1. The summed E-state index contributed by atoms with van der Waals surface area (Å²) in [6.45, 7) is 4.78. The first kappa shape index (κ1) is 22.5. The summed E-state index contributed by atoms with van der Waals surface area (Å²) in [5.74, 6) is -0.0710. The Kier molecular flexibility index (Phi) is 9.46. The number of piperazine rings is 1. The smallest absolute Gasteiger partial charge is 0.239 e. The van der Waals surface area contributed by atoms with Gasteiger partial charge >= 0.3 is 0 Å². The summed E-state index contributed by atoms with van der Waals surface area (Å²) in [5, 5.41) is 3.79. The van der Waals surface area contributed by atoms with Gasteiger partial charge in [0.25, 0.3) is 0 Å². The van der Waals surface area contributed by atoms with Gasteiger partial charge in [0.15, 0.2) is 0 Å². The molecule has 2 fully saturated rings. The van der Waals surface area contributed by atoms with Crippen molar-refractivity contribution in [1.29, 1.82) is 0 Å². The lowest BCUT2D eigenvalue weighted by atomic mass is 10.0. The topological polar surface area (TPSA) is 35.6 Å². The van der Waals surface area contributed by atoms with Crippen molar-refractivity contribution in [2.45, 2.75) is 31.8 Å². The lowest BCUT2D eigenvalue weighted by Crippen LogP contribution is -2.54. The zero-order valence-electron chi connectivity index (χ0n) is 14.0. The van der Waals surface area contributed by atoms with Crippen LogP contribution in [0.2, 0.25) is 5.02 Å². The van der Waals surface area contributed by atoms with Gasteiger partial charge in [-0.05, 0) is 37.1 Å². The van der Waals surface area contributed by atoms with Gasteiger partial charge in [-0.15, -0.1) is 24.8 Å². The standard InChI is InChI=1S/C17H23ClFN3O.2ClH/c18-15-11-14(19)5-4-13(15)12-21-7-9-22(10-8-21)17(23)16-3-1-2-6-20-16;;/h4-5,11,16,20H,1-3,6-10,12H2;2*1H. The lowest BCUT2D eigenvalue weighted by molar-refractivity contribution is -0.135. The van der Waals surface area contributed by atoms with E-state index in [1.54, 1.807) is 6.07 Å². The van der Waals surface area contributed by atoms with E-state index in [-0.39, 0.29) is 42.6 Å². The first-order chi connectivity index (χ1) is 11.1. The van der Waals surface area contributed by atoms with Gasteiger partial charge in [0.1, 0.15) is 5.82 Å². The molecule has 2 aliphatic rings. The third kappa shape index (κ3) is 5.97. The van der Waals surface area contributed by atoms with Gasteiger partial charge in [-0.2, -0.15) is 0 Å². The van der Waals surface area contributed by atoms with Gasteiger partial charge in [-0.1, -0.05) is 24.1 Å². The van der Waals surface area contributed by atoms with Crippen molar-refractivity contribution in [1.82, 2.24) is 15.1 Å². The van der Waals surface area contributed by atoms with Crippen molar-refractivity contribution in [2.24, 2.45) is 0 Å². The monoisotopic (exact) mass is 411 g/mol. The molecule has 2 saturated heterocycles. The molecule has 0 spiro atoms. The maximum absolute atomic E-state index is 13.1. The highest BCUT2D eigenvalue weighted by atomic mass is 35.5. The fraction of sp³-hybridized carbons (Fsp3) is 0.588. The van der Waals surface area contributed by atoms with Crippen LogP contribution in [0.1, 0.15) is 24.8 Å². The van der Waals surface area contributed by atoms with Crippen LogP contribution < -0.4 is 5.32 Å². The van der Waals surface area contributed by atoms with Crippen LogP contribution in [0.3, 0.4) is 0 Å². The van der Waals surface area contributed by atoms with E-state index in [0.29, 0.717) is 11.6 Å². The summed E-state index contributed by atoms with van der Waals surface area (Å²) < 4.78 is 13.1. The van der Waals surface area contributed by atoms with E-state index < -0.39 is 0 Å². The normalized spacial score (nSPS) is 21.2. The van der Waals surface area contributed by atoms with Gasteiger partial charge in [0, 0.05) is 37.7 Å². The van der Waals surface area contributed by atoms with Crippen molar-refractivity contribution in [3.8, 4) is 0 Å². The SMILES string of the molecule is Cl.Cl.O=C(C1CCCCN1)N1CCN(Cc2ccc(F)cc2Cl)CC1.